The van der Waals surface area contributed by atoms with Crippen LogP contribution in [-0.4, -0.2) is 14.2 Å². The maximum atomic E-state index is 12.5. The van der Waals surface area contributed by atoms with Gasteiger partial charge in [0.05, 0.1) is 16.8 Å². The molecule has 0 aliphatic heterocycles. The summed E-state index contributed by atoms with van der Waals surface area (Å²) in [5, 5.41) is 0. The van der Waals surface area contributed by atoms with E-state index in [1.165, 1.54) is 30.5 Å². The van der Waals surface area contributed by atoms with Gasteiger partial charge in [-0.3, -0.25) is 9.52 Å². The maximum Gasteiger partial charge on any atom is 0.261 e. The second-order valence-corrected chi connectivity index (χ2v) is 6.86. The average Bonchev–Trinajstić information content (AvgIpc) is 3.14. The quantitative estimate of drug-likeness (QED) is 0.537. The second-order valence-electron chi connectivity index (χ2n) is 5.18. The highest BCUT2D eigenvalue weighted by atomic mass is 32.2. The number of para-hydroxylation sites is 1. The molecule has 0 saturated carbocycles. The van der Waals surface area contributed by atoms with Gasteiger partial charge in [-0.2, -0.15) is 0 Å². The van der Waals surface area contributed by atoms with E-state index in [0.717, 1.165) is 0 Å². The summed E-state index contributed by atoms with van der Waals surface area (Å²) in [6.45, 7) is 0. The molecule has 1 aromatic heterocycles. The van der Waals surface area contributed by atoms with Crippen LogP contribution >= 0.6 is 0 Å². The molecule has 2 aromatic carbocycles. The van der Waals surface area contributed by atoms with E-state index >= 15 is 0 Å². The van der Waals surface area contributed by atoms with Crippen molar-refractivity contribution in [3.63, 3.8) is 0 Å². The summed E-state index contributed by atoms with van der Waals surface area (Å²) in [6.07, 6.45) is 4.38. The number of furan rings is 1. The van der Waals surface area contributed by atoms with Crippen LogP contribution in [0.3, 0.4) is 0 Å². The summed E-state index contributed by atoms with van der Waals surface area (Å²) in [6, 6.07) is 17.9. The Kier molecular flexibility index (Phi) is 4.81. The van der Waals surface area contributed by atoms with E-state index < -0.39 is 10.0 Å². The van der Waals surface area contributed by atoms with Gasteiger partial charge in [0.2, 0.25) is 0 Å². The van der Waals surface area contributed by atoms with Crippen LogP contribution in [0.4, 0.5) is 5.69 Å². The van der Waals surface area contributed by atoms with Gasteiger partial charge in [0.15, 0.2) is 5.78 Å². The van der Waals surface area contributed by atoms with Crippen LogP contribution in [0.2, 0.25) is 0 Å². The van der Waals surface area contributed by atoms with Gasteiger partial charge < -0.3 is 4.42 Å². The molecule has 5 nitrogen and oxygen atoms in total. The normalized spacial score (nSPS) is 11.5. The number of nitrogens with one attached hydrogen (secondary N) is 1. The predicted octanol–water partition coefficient (Wildman–Crippen LogP) is 3.98. The SMILES string of the molecule is O=C(/C=C/c1ccco1)c1ccccc1NS(=O)(=O)c1ccccc1. The molecule has 0 bridgehead atoms. The molecule has 0 aliphatic carbocycles. The molecule has 3 rings (SSSR count). The number of hydrogen-bond donors (Lipinski definition) is 1. The fourth-order valence-electron chi connectivity index (χ4n) is 2.22. The van der Waals surface area contributed by atoms with Crippen molar-refractivity contribution >= 4 is 27.6 Å². The molecule has 6 heteroatoms. The number of anilines is 1. The third-order valence-electron chi connectivity index (χ3n) is 3.43. The lowest BCUT2D eigenvalue weighted by Crippen LogP contribution is -2.15. The summed E-state index contributed by atoms with van der Waals surface area (Å²) in [5.74, 6) is 0.207. The molecule has 3 aromatic rings. The second kappa shape index (κ2) is 7.19. The molecule has 1 heterocycles. The molecule has 0 amide bonds. The molecular weight excluding hydrogens is 338 g/mol. The number of hydrogen-bond acceptors (Lipinski definition) is 4. The molecule has 0 spiro atoms. The minimum atomic E-state index is -3.77. The van der Waals surface area contributed by atoms with Crippen LogP contribution in [0.5, 0.6) is 0 Å². The van der Waals surface area contributed by atoms with E-state index in [9.17, 15) is 13.2 Å². The Labute approximate surface area is 145 Å². The summed E-state index contributed by atoms with van der Waals surface area (Å²) in [4.78, 5) is 12.5. The molecule has 0 saturated heterocycles. The predicted molar refractivity (Wildman–Crippen MR) is 95.8 cm³/mol. The van der Waals surface area contributed by atoms with Crippen molar-refractivity contribution in [3.05, 3.63) is 90.4 Å². The van der Waals surface area contributed by atoms with Crippen LogP contribution in [0.1, 0.15) is 16.1 Å². The van der Waals surface area contributed by atoms with E-state index in [-0.39, 0.29) is 21.9 Å². The zero-order valence-electron chi connectivity index (χ0n) is 13.1. The van der Waals surface area contributed by atoms with Crippen molar-refractivity contribution in [1.82, 2.24) is 0 Å². The van der Waals surface area contributed by atoms with Gasteiger partial charge in [0, 0.05) is 5.56 Å². The van der Waals surface area contributed by atoms with Crippen LogP contribution in [0.15, 0.2) is 88.4 Å². The van der Waals surface area contributed by atoms with Crippen LogP contribution in [-0.2, 0) is 10.0 Å². The Balaban J connectivity index is 1.87. The highest BCUT2D eigenvalue weighted by Crippen LogP contribution is 2.21. The fraction of sp³-hybridized carbons (Fsp3) is 0. The zero-order chi connectivity index (χ0) is 17.7. The largest absolute Gasteiger partial charge is 0.465 e. The molecule has 126 valence electrons. The van der Waals surface area contributed by atoms with E-state index in [1.54, 1.807) is 54.6 Å². The van der Waals surface area contributed by atoms with E-state index in [4.69, 9.17) is 4.42 Å². The highest BCUT2D eigenvalue weighted by Gasteiger charge is 2.17. The van der Waals surface area contributed by atoms with Crippen LogP contribution < -0.4 is 4.72 Å². The Morgan fingerprint density at radius 1 is 0.920 bits per heavy atom. The standard InChI is InChI=1S/C19H15NO4S/c21-19(13-12-15-7-6-14-24-15)17-10-4-5-11-18(17)20-25(22,23)16-8-2-1-3-9-16/h1-14,20H/b13-12+. The smallest absolute Gasteiger partial charge is 0.261 e. The molecular formula is C19H15NO4S. The molecule has 1 N–H and O–H groups in total. The number of carbonyl (C=O) groups is 1. The number of allylic oxidation sites excluding steroid dienone is 1. The van der Waals surface area contributed by atoms with Gasteiger partial charge in [-0.05, 0) is 48.6 Å². The van der Waals surface area contributed by atoms with Crippen molar-refractivity contribution in [2.75, 3.05) is 4.72 Å². The molecule has 0 radical (unpaired) electrons. The lowest BCUT2D eigenvalue weighted by Gasteiger charge is -2.11. The molecule has 0 fully saturated rings. The Bertz CT molecular complexity index is 991. The average molecular weight is 353 g/mol. The van der Waals surface area contributed by atoms with Crippen molar-refractivity contribution < 1.29 is 17.6 Å². The van der Waals surface area contributed by atoms with Gasteiger partial charge >= 0.3 is 0 Å². The van der Waals surface area contributed by atoms with Gasteiger partial charge in [-0.15, -0.1) is 0 Å². The van der Waals surface area contributed by atoms with Gasteiger partial charge in [-0.25, -0.2) is 8.42 Å². The van der Waals surface area contributed by atoms with Crippen LogP contribution in [0, 0.1) is 0 Å². The summed E-state index contributed by atoms with van der Waals surface area (Å²) in [7, 11) is -3.77. The molecule has 0 aliphatic rings. The number of carbonyl (C=O) groups excluding carboxylic acids is 1. The minimum absolute atomic E-state index is 0.128. The van der Waals surface area contributed by atoms with Crippen molar-refractivity contribution in [2.24, 2.45) is 0 Å². The van der Waals surface area contributed by atoms with Crippen molar-refractivity contribution in [1.29, 1.82) is 0 Å². The summed E-state index contributed by atoms with van der Waals surface area (Å²) >= 11 is 0. The number of sulfonamides is 1. The van der Waals surface area contributed by atoms with Gasteiger partial charge in [0.1, 0.15) is 5.76 Å². The zero-order valence-corrected chi connectivity index (χ0v) is 13.9. The fourth-order valence-corrected chi connectivity index (χ4v) is 3.32. The Morgan fingerprint density at radius 3 is 2.36 bits per heavy atom. The lowest BCUT2D eigenvalue weighted by atomic mass is 10.1. The first kappa shape index (κ1) is 16.7. The van der Waals surface area contributed by atoms with Gasteiger partial charge in [-0.1, -0.05) is 30.3 Å². The molecule has 0 unspecified atom stereocenters. The first-order chi connectivity index (χ1) is 12.1. The number of benzene rings is 2. The molecule has 25 heavy (non-hydrogen) atoms. The summed E-state index contributed by atoms with van der Waals surface area (Å²) < 4.78 is 32.5. The van der Waals surface area contributed by atoms with Gasteiger partial charge in [0.25, 0.3) is 10.0 Å². The number of rotatable bonds is 6. The first-order valence-electron chi connectivity index (χ1n) is 7.49. The third kappa shape index (κ3) is 4.05. The first-order valence-corrected chi connectivity index (χ1v) is 8.97. The van der Waals surface area contributed by atoms with Crippen molar-refractivity contribution in [3.8, 4) is 0 Å². The monoisotopic (exact) mass is 353 g/mol. The highest BCUT2D eigenvalue weighted by molar-refractivity contribution is 7.92. The Morgan fingerprint density at radius 2 is 1.64 bits per heavy atom. The number of ketones is 1. The third-order valence-corrected chi connectivity index (χ3v) is 4.81. The van der Waals surface area contributed by atoms with E-state index in [1.807, 2.05) is 0 Å². The van der Waals surface area contributed by atoms with E-state index in [2.05, 4.69) is 4.72 Å². The topological polar surface area (TPSA) is 76.4 Å². The van der Waals surface area contributed by atoms with Crippen LogP contribution in [0.25, 0.3) is 6.08 Å². The lowest BCUT2D eigenvalue weighted by molar-refractivity contribution is 0.104. The molecule has 0 atom stereocenters. The summed E-state index contributed by atoms with van der Waals surface area (Å²) in [5.41, 5.74) is 0.477. The maximum absolute atomic E-state index is 12.5. The van der Waals surface area contributed by atoms with E-state index in [0.29, 0.717) is 5.76 Å². The Hall–Kier alpha value is -3.12. The minimum Gasteiger partial charge on any atom is -0.465 e. The van der Waals surface area contributed by atoms with Crippen molar-refractivity contribution in [2.45, 2.75) is 4.90 Å².